The second-order valence-corrected chi connectivity index (χ2v) is 2.82. The first-order valence-electron chi connectivity index (χ1n) is 2.69. The van der Waals surface area contributed by atoms with Crippen molar-refractivity contribution in [2.45, 2.75) is 4.83 Å². The molecule has 0 unspecified atom stereocenters. The highest BCUT2D eigenvalue weighted by Gasteiger charge is 2.29. The van der Waals surface area contributed by atoms with Crippen molar-refractivity contribution in [3.05, 3.63) is 22.0 Å². The van der Waals surface area contributed by atoms with E-state index in [1.54, 1.807) is 0 Å². The molecule has 0 spiro atoms. The zero-order chi connectivity index (χ0) is 8.43. The summed E-state index contributed by atoms with van der Waals surface area (Å²) in [5.74, 6) is -0.565. The number of halogens is 1. The summed E-state index contributed by atoms with van der Waals surface area (Å²) < 4.78 is 0. The van der Waals surface area contributed by atoms with E-state index in [9.17, 15) is 14.9 Å². The molecule has 58 valence electrons. The molecule has 0 aromatic rings. The number of nitrogens with zero attached hydrogens (tertiary/aromatic N) is 2. The van der Waals surface area contributed by atoms with Crippen molar-refractivity contribution in [1.29, 1.82) is 0 Å². The van der Waals surface area contributed by atoms with E-state index < -0.39 is 21.2 Å². The molecule has 0 N–H and O–H groups in total. The number of aliphatic imine (C=N–C) groups is 1. The smallest absolute Gasteiger partial charge is 0.285 e. The minimum atomic E-state index is -0.743. The van der Waals surface area contributed by atoms with Gasteiger partial charge in [-0.2, -0.15) is 0 Å². The molecule has 5 nitrogen and oxygen atoms in total. The molecule has 11 heavy (non-hydrogen) atoms. The zero-order valence-electron chi connectivity index (χ0n) is 5.23. The Bertz CT molecular complexity index is 271. The van der Waals surface area contributed by atoms with E-state index in [4.69, 9.17) is 0 Å². The third kappa shape index (κ3) is 1.51. The number of hydrogen-bond acceptors (Lipinski definition) is 4. The Morgan fingerprint density at radius 3 is 2.82 bits per heavy atom. The van der Waals surface area contributed by atoms with Gasteiger partial charge in [-0.1, -0.05) is 15.9 Å². The van der Waals surface area contributed by atoms with Crippen LogP contribution in [0.4, 0.5) is 0 Å². The summed E-state index contributed by atoms with van der Waals surface area (Å²) >= 11 is 2.92. The molecular formula is C5H3BrN2O3. The molecule has 1 heterocycles. The minimum absolute atomic E-state index is 0.477. The molecule has 0 aromatic carbocycles. The first-order valence-corrected chi connectivity index (χ1v) is 3.60. The topological polar surface area (TPSA) is 72.6 Å². The summed E-state index contributed by atoms with van der Waals surface area (Å²) in [5.41, 5.74) is -0.477. The number of allylic oxidation sites excluding steroid dienone is 1. The fourth-order valence-electron chi connectivity index (χ4n) is 0.599. The van der Waals surface area contributed by atoms with Gasteiger partial charge >= 0.3 is 5.70 Å². The first-order chi connectivity index (χ1) is 5.13. The second kappa shape index (κ2) is 2.91. The van der Waals surface area contributed by atoms with Gasteiger partial charge in [-0.25, -0.2) is 0 Å². The van der Waals surface area contributed by atoms with Gasteiger partial charge in [0.05, 0.1) is 4.92 Å². The SMILES string of the molecule is O=C1C([N+](=O)[O-])=CN=C[C@@H]1Br. The van der Waals surface area contributed by atoms with Gasteiger partial charge in [-0.3, -0.25) is 19.9 Å². The van der Waals surface area contributed by atoms with E-state index in [1.165, 1.54) is 6.21 Å². The number of carbonyl (C=O) groups is 1. The number of Topliss-reactive ketones (excluding diaryl/α,β-unsaturated/α-hetero) is 1. The van der Waals surface area contributed by atoms with Crippen LogP contribution in [0.3, 0.4) is 0 Å². The lowest BCUT2D eigenvalue weighted by molar-refractivity contribution is -0.419. The fraction of sp³-hybridized carbons (Fsp3) is 0.200. The van der Waals surface area contributed by atoms with Gasteiger partial charge in [0.25, 0.3) is 5.78 Å². The van der Waals surface area contributed by atoms with E-state index in [-0.39, 0.29) is 0 Å². The van der Waals surface area contributed by atoms with Crippen molar-refractivity contribution >= 4 is 27.9 Å². The van der Waals surface area contributed by atoms with Crippen LogP contribution in [-0.2, 0) is 4.79 Å². The number of ketones is 1. The number of nitro groups is 1. The predicted molar refractivity (Wildman–Crippen MR) is 41.3 cm³/mol. The maximum Gasteiger partial charge on any atom is 0.331 e. The normalized spacial score (nSPS) is 23.2. The largest absolute Gasteiger partial charge is 0.331 e. The van der Waals surface area contributed by atoms with Crippen molar-refractivity contribution in [2.24, 2.45) is 4.99 Å². The van der Waals surface area contributed by atoms with Gasteiger partial charge < -0.3 is 0 Å². The summed E-state index contributed by atoms with van der Waals surface area (Å²) in [5, 5.41) is 10.1. The lowest BCUT2D eigenvalue weighted by Crippen LogP contribution is -2.24. The van der Waals surface area contributed by atoms with Gasteiger partial charge in [0.15, 0.2) is 0 Å². The van der Waals surface area contributed by atoms with Crippen LogP contribution < -0.4 is 0 Å². The molecule has 1 aliphatic rings. The summed E-state index contributed by atoms with van der Waals surface area (Å²) in [6.07, 6.45) is 2.25. The monoisotopic (exact) mass is 218 g/mol. The minimum Gasteiger partial charge on any atom is -0.285 e. The van der Waals surface area contributed by atoms with Crippen molar-refractivity contribution in [2.75, 3.05) is 0 Å². The average Bonchev–Trinajstić information content (AvgIpc) is 1.94. The van der Waals surface area contributed by atoms with Crippen LogP contribution in [0.15, 0.2) is 16.9 Å². The van der Waals surface area contributed by atoms with Crippen LogP contribution in [0.2, 0.25) is 0 Å². The third-order valence-corrected chi connectivity index (χ3v) is 1.77. The van der Waals surface area contributed by atoms with Crippen LogP contribution in [-0.4, -0.2) is 21.7 Å². The molecule has 0 saturated carbocycles. The molecule has 1 rings (SSSR count). The van der Waals surface area contributed by atoms with Crippen molar-refractivity contribution < 1.29 is 9.72 Å². The van der Waals surface area contributed by atoms with Crippen molar-refractivity contribution in [3.8, 4) is 0 Å². The van der Waals surface area contributed by atoms with Crippen LogP contribution in [0.1, 0.15) is 0 Å². The number of alkyl halides is 1. The third-order valence-electron chi connectivity index (χ3n) is 1.11. The molecule has 0 amide bonds. The van der Waals surface area contributed by atoms with E-state index in [0.717, 1.165) is 6.20 Å². The van der Waals surface area contributed by atoms with Crippen LogP contribution in [0.25, 0.3) is 0 Å². The Balaban J connectivity index is 2.96. The van der Waals surface area contributed by atoms with Crippen LogP contribution >= 0.6 is 15.9 Å². The molecule has 0 aromatic heterocycles. The van der Waals surface area contributed by atoms with Crippen LogP contribution in [0.5, 0.6) is 0 Å². The molecule has 1 aliphatic heterocycles. The summed E-state index contributed by atoms with van der Waals surface area (Å²) in [7, 11) is 0. The second-order valence-electron chi connectivity index (χ2n) is 1.84. The molecule has 0 aliphatic carbocycles. The molecular weight excluding hydrogens is 216 g/mol. The Labute approximate surface area is 70.1 Å². The highest BCUT2D eigenvalue weighted by atomic mass is 79.9. The van der Waals surface area contributed by atoms with Gasteiger partial charge in [0.1, 0.15) is 11.0 Å². The molecule has 0 radical (unpaired) electrons. The molecule has 0 bridgehead atoms. The first kappa shape index (κ1) is 8.06. The Morgan fingerprint density at radius 2 is 2.36 bits per heavy atom. The van der Waals surface area contributed by atoms with Crippen molar-refractivity contribution in [3.63, 3.8) is 0 Å². The van der Waals surface area contributed by atoms with Gasteiger partial charge in [0.2, 0.25) is 0 Å². The van der Waals surface area contributed by atoms with E-state index in [1.807, 2.05) is 0 Å². The summed E-state index contributed by atoms with van der Waals surface area (Å²) in [6, 6.07) is 0. The standard InChI is InChI=1S/C5H3BrN2O3/c6-3-1-7-2-4(5(3)9)8(10)11/h1-3H/t3-/m0/s1. The average molecular weight is 219 g/mol. The maximum atomic E-state index is 10.9. The molecule has 0 saturated heterocycles. The molecule has 1 atom stereocenters. The Hall–Kier alpha value is -1.04. The molecule has 6 heteroatoms. The highest BCUT2D eigenvalue weighted by Crippen LogP contribution is 2.11. The van der Waals surface area contributed by atoms with E-state index in [0.29, 0.717) is 0 Å². The van der Waals surface area contributed by atoms with Gasteiger partial charge in [-0.15, -0.1) is 0 Å². The zero-order valence-corrected chi connectivity index (χ0v) is 6.82. The fourth-order valence-corrected chi connectivity index (χ4v) is 0.970. The van der Waals surface area contributed by atoms with E-state index in [2.05, 4.69) is 20.9 Å². The molecule has 0 fully saturated rings. The lowest BCUT2D eigenvalue weighted by atomic mass is 10.2. The van der Waals surface area contributed by atoms with E-state index >= 15 is 0 Å². The highest BCUT2D eigenvalue weighted by molar-refractivity contribution is 9.10. The van der Waals surface area contributed by atoms with Crippen molar-refractivity contribution in [1.82, 2.24) is 0 Å². The lowest BCUT2D eigenvalue weighted by Gasteiger charge is -2.02. The quantitative estimate of drug-likeness (QED) is 0.366. The van der Waals surface area contributed by atoms with Crippen LogP contribution in [0, 0.1) is 10.1 Å². The summed E-state index contributed by atoms with van der Waals surface area (Å²) in [6.45, 7) is 0. The number of rotatable bonds is 1. The number of hydrogen-bond donors (Lipinski definition) is 0. The maximum absolute atomic E-state index is 10.9. The summed E-state index contributed by atoms with van der Waals surface area (Å²) in [4.78, 5) is 23.2. The predicted octanol–water partition coefficient (Wildman–Crippen LogP) is 0.521. The van der Waals surface area contributed by atoms with Gasteiger partial charge in [0, 0.05) is 6.21 Å². The Morgan fingerprint density at radius 1 is 1.73 bits per heavy atom. The van der Waals surface area contributed by atoms with Gasteiger partial charge in [-0.05, 0) is 0 Å². The number of carbonyl (C=O) groups excluding carboxylic acids is 1. The Kier molecular flexibility index (Phi) is 2.13.